The number of benzene rings is 2. The zero-order chi connectivity index (χ0) is 16.1. The molecule has 0 fully saturated rings. The molecular formula is C17H15Cl2NO2. The fourth-order valence-corrected chi connectivity index (χ4v) is 1.99. The van der Waals surface area contributed by atoms with Gasteiger partial charge in [-0.25, -0.2) is 0 Å². The fraction of sp³-hybridized carbons (Fsp3) is 0.118. The molecule has 22 heavy (non-hydrogen) atoms. The molecule has 0 spiro atoms. The summed E-state index contributed by atoms with van der Waals surface area (Å²) in [6, 6.07) is 13.5. The highest BCUT2D eigenvalue weighted by molar-refractivity contribution is 6.31. The third kappa shape index (κ3) is 4.52. The number of hydrogen-bond acceptors (Lipinski definition) is 3. The number of halogens is 2. The standard InChI is InChI=1S/C17H15Cl2NO2/c1-20(2)11-16(22-15-9-7-14(19)8-10-15)17(21)12-3-5-13(18)6-4-12/h3-11H,1-2H3/b16-11-. The normalized spacial score (nSPS) is 11.2. The summed E-state index contributed by atoms with van der Waals surface area (Å²) in [5.41, 5.74) is 0.506. The maximum atomic E-state index is 12.6. The van der Waals surface area contributed by atoms with E-state index in [1.165, 1.54) is 0 Å². The minimum Gasteiger partial charge on any atom is -0.452 e. The molecule has 0 unspecified atom stereocenters. The van der Waals surface area contributed by atoms with Crippen molar-refractivity contribution in [1.82, 2.24) is 4.90 Å². The monoisotopic (exact) mass is 335 g/mol. The highest BCUT2D eigenvalue weighted by Gasteiger charge is 2.15. The number of allylic oxidation sites excluding steroid dienone is 1. The number of Topliss-reactive ketones (excluding diaryl/α,β-unsaturated/α-hetero) is 1. The zero-order valence-corrected chi connectivity index (χ0v) is 13.7. The summed E-state index contributed by atoms with van der Waals surface area (Å²) < 4.78 is 5.71. The Labute approximate surface area is 139 Å². The lowest BCUT2D eigenvalue weighted by atomic mass is 10.1. The minimum atomic E-state index is -0.222. The first kappa shape index (κ1) is 16.4. The molecule has 0 radical (unpaired) electrons. The SMILES string of the molecule is CN(C)/C=C(\Oc1ccc(Cl)cc1)C(=O)c1ccc(Cl)cc1. The average molecular weight is 336 g/mol. The van der Waals surface area contributed by atoms with Crippen LogP contribution < -0.4 is 4.74 Å². The van der Waals surface area contributed by atoms with E-state index in [-0.39, 0.29) is 11.5 Å². The van der Waals surface area contributed by atoms with Gasteiger partial charge in [-0.1, -0.05) is 23.2 Å². The summed E-state index contributed by atoms with van der Waals surface area (Å²) in [5.74, 6) is 0.537. The van der Waals surface area contributed by atoms with Gasteiger partial charge in [0.25, 0.3) is 0 Å². The van der Waals surface area contributed by atoms with E-state index < -0.39 is 0 Å². The summed E-state index contributed by atoms with van der Waals surface area (Å²) in [7, 11) is 3.64. The van der Waals surface area contributed by atoms with Crippen LogP contribution in [0.1, 0.15) is 10.4 Å². The summed E-state index contributed by atoms with van der Waals surface area (Å²) in [5, 5.41) is 1.18. The van der Waals surface area contributed by atoms with Crippen LogP contribution >= 0.6 is 23.2 Å². The predicted molar refractivity (Wildman–Crippen MR) is 89.6 cm³/mol. The molecule has 0 saturated heterocycles. The Kier molecular flexibility index (Phi) is 5.47. The first-order valence-electron chi connectivity index (χ1n) is 6.57. The number of carbonyl (C=O) groups is 1. The molecule has 2 rings (SSSR count). The Hall–Kier alpha value is -1.97. The number of ether oxygens (including phenoxy) is 1. The fourth-order valence-electron chi connectivity index (χ4n) is 1.74. The molecular weight excluding hydrogens is 321 g/mol. The van der Waals surface area contributed by atoms with E-state index in [0.29, 0.717) is 21.4 Å². The molecule has 0 N–H and O–H groups in total. The van der Waals surface area contributed by atoms with Crippen molar-refractivity contribution in [3.8, 4) is 5.75 Å². The first-order chi connectivity index (χ1) is 10.5. The lowest BCUT2D eigenvalue weighted by molar-refractivity contribution is 0.0982. The molecule has 2 aromatic rings. The smallest absolute Gasteiger partial charge is 0.229 e. The summed E-state index contributed by atoms with van der Waals surface area (Å²) >= 11 is 11.7. The summed E-state index contributed by atoms with van der Waals surface area (Å²) in [6.45, 7) is 0. The van der Waals surface area contributed by atoms with E-state index in [0.717, 1.165) is 0 Å². The quantitative estimate of drug-likeness (QED) is 0.452. The van der Waals surface area contributed by atoms with Gasteiger partial charge in [0.15, 0.2) is 5.76 Å². The molecule has 0 atom stereocenters. The second kappa shape index (κ2) is 7.34. The van der Waals surface area contributed by atoms with Crippen molar-refractivity contribution in [2.24, 2.45) is 0 Å². The van der Waals surface area contributed by atoms with E-state index in [9.17, 15) is 4.79 Å². The van der Waals surface area contributed by atoms with Crippen LogP contribution in [0.4, 0.5) is 0 Å². The van der Waals surface area contributed by atoms with Crippen LogP contribution in [0, 0.1) is 0 Å². The topological polar surface area (TPSA) is 29.5 Å². The summed E-state index contributed by atoms with van der Waals surface area (Å²) in [4.78, 5) is 14.3. The minimum absolute atomic E-state index is 0.217. The Balaban J connectivity index is 2.28. The van der Waals surface area contributed by atoms with Gasteiger partial charge in [0.2, 0.25) is 5.78 Å². The molecule has 0 aliphatic carbocycles. The maximum absolute atomic E-state index is 12.6. The van der Waals surface area contributed by atoms with Crippen molar-refractivity contribution < 1.29 is 9.53 Å². The van der Waals surface area contributed by atoms with Gasteiger partial charge in [-0.3, -0.25) is 4.79 Å². The molecule has 0 heterocycles. The number of carbonyl (C=O) groups excluding carboxylic acids is 1. The van der Waals surface area contributed by atoms with Crippen molar-refractivity contribution >= 4 is 29.0 Å². The second-order valence-corrected chi connectivity index (χ2v) is 5.72. The van der Waals surface area contributed by atoms with Crippen LogP contribution in [-0.4, -0.2) is 24.8 Å². The third-order valence-electron chi connectivity index (χ3n) is 2.75. The van der Waals surface area contributed by atoms with E-state index in [1.807, 2.05) is 14.1 Å². The van der Waals surface area contributed by atoms with Crippen molar-refractivity contribution in [1.29, 1.82) is 0 Å². The molecule has 0 saturated carbocycles. The van der Waals surface area contributed by atoms with Crippen LogP contribution in [0.25, 0.3) is 0 Å². The summed E-state index contributed by atoms with van der Waals surface area (Å²) in [6.07, 6.45) is 1.63. The highest BCUT2D eigenvalue weighted by Crippen LogP contribution is 2.20. The van der Waals surface area contributed by atoms with E-state index >= 15 is 0 Å². The molecule has 114 valence electrons. The lowest BCUT2D eigenvalue weighted by Crippen LogP contribution is -2.14. The van der Waals surface area contributed by atoms with Crippen molar-refractivity contribution in [3.63, 3.8) is 0 Å². The Morgan fingerprint density at radius 2 is 1.45 bits per heavy atom. The van der Waals surface area contributed by atoms with Crippen LogP contribution in [0.15, 0.2) is 60.5 Å². The Morgan fingerprint density at radius 3 is 1.95 bits per heavy atom. The van der Waals surface area contributed by atoms with Gasteiger partial charge in [0, 0.05) is 35.9 Å². The van der Waals surface area contributed by atoms with Crippen molar-refractivity contribution in [2.45, 2.75) is 0 Å². The third-order valence-corrected chi connectivity index (χ3v) is 3.25. The largest absolute Gasteiger partial charge is 0.452 e. The van der Waals surface area contributed by atoms with Gasteiger partial charge in [-0.05, 0) is 48.5 Å². The second-order valence-electron chi connectivity index (χ2n) is 4.85. The molecule has 2 aromatic carbocycles. The predicted octanol–water partition coefficient (Wildman–Crippen LogP) is 4.66. The number of ketones is 1. The van der Waals surface area contributed by atoms with E-state index in [1.54, 1.807) is 59.6 Å². The van der Waals surface area contributed by atoms with Gasteiger partial charge in [0.1, 0.15) is 5.75 Å². The Bertz CT molecular complexity index is 677. The van der Waals surface area contributed by atoms with Gasteiger partial charge < -0.3 is 9.64 Å². The molecule has 0 aliphatic rings. The van der Waals surface area contributed by atoms with Gasteiger partial charge in [0.05, 0.1) is 0 Å². The van der Waals surface area contributed by atoms with Gasteiger partial charge in [-0.2, -0.15) is 0 Å². The van der Waals surface area contributed by atoms with E-state index in [2.05, 4.69) is 0 Å². The average Bonchev–Trinajstić information content (AvgIpc) is 2.48. The number of rotatable bonds is 5. The number of hydrogen-bond donors (Lipinski definition) is 0. The lowest BCUT2D eigenvalue weighted by Gasteiger charge is -2.13. The van der Waals surface area contributed by atoms with Crippen LogP contribution in [0.3, 0.4) is 0 Å². The van der Waals surface area contributed by atoms with Gasteiger partial charge >= 0.3 is 0 Å². The molecule has 0 bridgehead atoms. The van der Waals surface area contributed by atoms with Gasteiger partial charge in [-0.15, -0.1) is 0 Å². The van der Waals surface area contributed by atoms with E-state index in [4.69, 9.17) is 27.9 Å². The molecule has 5 heteroatoms. The van der Waals surface area contributed by atoms with Crippen LogP contribution in [0.2, 0.25) is 10.0 Å². The van der Waals surface area contributed by atoms with Crippen LogP contribution in [-0.2, 0) is 0 Å². The Morgan fingerprint density at radius 1 is 0.955 bits per heavy atom. The number of nitrogens with zero attached hydrogens (tertiary/aromatic N) is 1. The van der Waals surface area contributed by atoms with Crippen molar-refractivity contribution in [3.05, 3.63) is 76.1 Å². The molecule has 0 aromatic heterocycles. The molecule has 0 aliphatic heterocycles. The van der Waals surface area contributed by atoms with Crippen LogP contribution in [0.5, 0.6) is 5.75 Å². The molecule has 3 nitrogen and oxygen atoms in total. The van der Waals surface area contributed by atoms with Crippen molar-refractivity contribution in [2.75, 3.05) is 14.1 Å². The highest BCUT2D eigenvalue weighted by atomic mass is 35.5. The zero-order valence-electron chi connectivity index (χ0n) is 12.2. The first-order valence-corrected chi connectivity index (χ1v) is 7.33. The maximum Gasteiger partial charge on any atom is 0.229 e. The molecule has 0 amide bonds.